The molecule has 0 atom stereocenters. The normalized spacial score (nSPS) is 11.6. The Morgan fingerprint density at radius 2 is 1.54 bits per heavy atom. The van der Waals surface area contributed by atoms with Crippen LogP contribution in [-0.4, -0.2) is 10.1 Å². The number of para-hydroxylation sites is 1. The second-order valence-corrected chi connectivity index (χ2v) is 6.65. The molecule has 1 heterocycles. The SMILES string of the molecule is OC(=C(C(=S)Nc1ccccc1)[n+]1ccccc1)c1ccc(Cl)c(Cl)c1. The fourth-order valence-electron chi connectivity index (χ4n) is 2.39. The monoisotopic (exact) mass is 401 g/mol. The summed E-state index contributed by atoms with van der Waals surface area (Å²) in [5.74, 6) is -0.00630. The summed E-state index contributed by atoms with van der Waals surface area (Å²) in [5, 5.41) is 14.9. The van der Waals surface area contributed by atoms with Gasteiger partial charge in [-0.15, -0.1) is 0 Å². The molecule has 0 radical (unpaired) electrons. The van der Waals surface area contributed by atoms with Crippen LogP contribution in [0.3, 0.4) is 0 Å². The van der Waals surface area contributed by atoms with Gasteiger partial charge >= 0.3 is 0 Å². The summed E-state index contributed by atoms with van der Waals surface area (Å²) in [5.41, 5.74) is 1.78. The number of nitrogens with one attached hydrogen (secondary N) is 1. The summed E-state index contributed by atoms with van der Waals surface area (Å²) in [6, 6.07) is 20.1. The number of hydrogen-bond donors (Lipinski definition) is 2. The van der Waals surface area contributed by atoms with E-state index in [0.717, 1.165) is 5.69 Å². The van der Waals surface area contributed by atoms with Crippen molar-refractivity contribution in [3.8, 4) is 0 Å². The van der Waals surface area contributed by atoms with Gasteiger partial charge in [0.25, 0.3) is 5.70 Å². The van der Waals surface area contributed by atoms with Crippen molar-refractivity contribution in [1.29, 1.82) is 0 Å². The number of hydrogen-bond acceptors (Lipinski definition) is 2. The van der Waals surface area contributed by atoms with Gasteiger partial charge in [-0.05, 0) is 30.3 Å². The van der Waals surface area contributed by atoms with Crippen molar-refractivity contribution < 1.29 is 9.67 Å². The molecule has 1 aromatic heterocycles. The number of benzene rings is 2. The Hall–Kier alpha value is -2.40. The number of rotatable bonds is 4. The maximum absolute atomic E-state index is 10.9. The molecule has 26 heavy (non-hydrogen) atoms. The lowest BCUT2D eigenvalue weighted by Gasteiger charge is -2.10. The van der Waals surface area contributed by atoms with E-state index >= 15 is 0 Å². The zero-order chi connectivity index (χ0) is 18.5. The largest absolute Gasteiger partial charge is 0.502 e. The summed E-state index contributed by atoms with van der Waals surface area (Å²) in [6.45, 7) is 0. The zero-order valence-electron chi connectivity index (χ0n) is 13.6. The van der Waals surface area contributed by atoms with Crippen molar-refractivity contribution in [3.05, 3.63) is 94.7 Å². The first-order valence-electron chi connectivity index (χ1n) is 7.78. The molecule has 0 aliphatic carbocycles. The van der Waals surface area contributed by atoms with Crippen LogP contribution in [0.5, 0.6) is 0 Å². The molecular formula is C20H15Cl2N2OS+. The Kier molecular flexibility index (Phi) is 5.89. The molecule has 0 saturated heterocycles. The minimum atomic E-state index is -0.00630. The Labute approximate surface area is 167 Å². The zero-order valence-corrected chi connectivity index (χ0v) is 15.9. The van der Waals surface area contributed by atoms with Crippen molar-refractivity contribution in [2.45, 2.75) is 0 Å². The van der Waals surface area contributed by atoms with E-state index in [-0.39, 0.29) is 5.76 Å². The Morgan fingerprint density at radius 1 is 0.885 bits per heavy atom. The molecule has 0 aliphatic rings. The fourth-order valence-corrected chi connectivity index (χ4v) is 3.00. The van der Waals surface area contributed by atoms with Crippen LogP contribution in [0.25, 0.3) is 11.5 Å². The van der Waals surface area contributed by atoms with Gasteiger partial charge in [0.2, 0.25) is 0 Å². The quantitative estimate of drug-likeness (QED) is 0.258. The lowest BCUT2D eigenvalue weighted by Crippen LogP contribution is -2.38. The minimum absolute atomic E-state index is 0.00630. The second-order valence-electron chi connectivity index (χ2n) is 5.43. The minimum Gasteiger partial charge on any atom is -0.502 e. The lowest BCUT2D eigenvalue weighted by molar-refractivity contribution is -0.575. The van der Waals surface area contributed by atoms with Crippen molar-refractivity contribution >= 4 is 57.6 Å². The highest BCUT2D eigenvalue weighted by molar-refractivity contribution is 7.81. The first-order valence-corrected chi connectivity index (χ1v) is 8.94. The van der Waals surface area contributed by atoms with Gasteiger partial charge < -0.3 is 10.4 Å². The molecule has 130 valence electrons. The number of aromatic nitrogens is 1. The van der Waals surface area contributed by atoms with Gasteiger partial charge in [0.05, 0.1) is 10.0 Å². The summed E-state index contributed by atoms with van der Waals surface area (Å²) >= 11 is 17.6. The molecule has 0 bridgehead atoms. The summed E-state index contributed by atoms with van der Waals surface area (Å²) in [6.07, 6.45) is 3.62. The van der Waals surface area contributed by atoms with Crippen LogP contribution >= 0.6 is 35.4 Å². The molecule has 6 heteroatoms. The van der Waals surface area contributed by atoms with E-state index in [4.69, 9.17) is 35.4 Å². The molecular weight excluding hydrogens is 387 g/mol. The van der Waals surface area contributed by atoms with Crippen molar-refractivity contribution in [3.63, 3.8) is 0 Å². The van der Waals surface area contributed by atoms with Gasteiger partial charge in [-0.25, -0.2) is 0 Å². The molecule has 3 aromatic rings. The fraction of sp³-hybridized carbons (Fsp3) is 0. The van der Waals surface area contributed by atoms with E-state index < -0.39 is 0 Å². The molecule has 0 amide bonds. The third-order valence-corrected chi connectivity index (χ3v) is 4.67. The molecule has 0 aliphatic heterocycles. The third kappa shape index (κ3) is 4.22. The van der Waals surface area contributed by atoms with E-state index in [1.165, 1.54) is 0 Å². The average molecular weight is 402 g/mol. The first-order chi connectivity index (χ1) is 12.6. The van der Waals surface area contributed by atoms with Crippen molar-refractivity contribution in [1.82, 2.24) is 0 Å². The van der Waals surface area contributed by atoms with Crippen LogP contribution in [0, 0.1) is 0 Å². The van der Waals surface area contributed by atoms with Gasteiger partial charge in [-0.1, -0.05) is 59.7 Å². The summed E-state index contributed by atoms with van der Waals surface area (Å²) in [4.78, 5) is 0.371. The van der Waals surface area contributed by atoms with Gasteiger partial charge in [-0.2, -0.15) is 4.57 Å². The molecule has 2 aromatic carbocycles. The number of pyridine rings is 1. The number of anilines is 1. The molecule has 0 spiro atoms. The topological polar surface area (TPSA) is 36.1 Å². The standard InChI is InChI=1S/C20H14Cl2N2OS/c21-16-10-9-14(13-17(16)22)19(25)18(24-11-5-2-6-12-24)20(26)23-15-7-3-1-4-8-15/h1-13H,(H-,23,25,26)/p+1. The molecule has 3 nitrogen and oxygen atoms in total. The number of nitrogens with zero attached hydrogens (tertiary/aromatic N) is 1. The van der Waals surface area contributed by atoms with Gasteiger partial charge in [0.1, 0.15) is 0 Å². The molecule has 0 unspecified atom stereocenters. The smallest absolute Gasteiger partial charge is 0.288 e. The maximum Gasteiger partial charge on any atom is 0.288 e. The predicted molar refractivity (Wildman–Crippen MR) is 112 cm³/mol. The van der Waals surface area contributed by atoms with Crippen LogP contribution in [0.1, 0.15) is 5.56 Å². The number of aliphatic hydroxyl groups excluding tert-OH is 1. The van der Waals surface area contributed by atoms with Gasteiger partial charge in [-0.3, -0.25) is 0 Å². The van der Waals surface area contributed by atoms with E-state index in [1.807, 2.05) is 60.9 Å². The Bertz CT molecular complexity index is 960. The van der Waals surface area contributed by atoms with E-state index in [2.05, 4.69) is 5.32 Å². The second kappa shape index (κ2) is 8.32. The van der Waals surface area contributed by atoms with Crippen LogP contribution in [0.4, 0.5) is 5.69 Å². The summed E-state index contributed by atoms with van der Waals surface area (Å²) < 4.78 is 1.75. The van der Waals surface area contributed by atoms with Gasteiger partial charge in [0, 0.05) is 23.4 Å². The van der Waals surface area contributed by atoms with Gasteiger partial charge in [0.15, 0.2) is 23.1 Å². The van der Waals surface area contributed by atoms with Crippen LogP contribution < -0.4 is 9.88 Å². The van der Waals surface area contributed by atoms with E-state index in [0.29, 0.717) is 26.3 Å². The Balaban J connectivity index is 2.08. The lowest BCUT2D eigenvalue weighted by atomic mass is 10.1. The maximum atomic E-state index is 10.9. The summed E-state index contributed by atoms with van der Waals surface area (Å²) in [7, 11) is 0. The molecule has 0 fully saturated rings. The van der Waals surface area contributed by atoms with Crippen LogP contribution in [0.15, 0.2) is 79.1 Å². The molecule has 3 rings (SSSR count). The molecule has 2 N–H and O–H groups in total. The highest BCUT2D eigenvalue weighted by atomic mass is 35.5. The molecule has 0 saturated carbocycles. The highest BCUT2D eigenvalue weighted by Crippen LogP contribution is 2.27. The first kappa shape index (κ1) is 18.4. The number of aliphatic hydroxyl groups is 1. The predicted octanol–water partition coefficient (Wildman–Crippen LogP) is 5.60. The van der Waals surface area contributed by atoms with Crippen molar-refractivity contribution in [2.24, 2.45) is 0 Å². The third-order valence-electron chi connectivity index (χ3n) is 3.64. The van der Waals surface area contributed by atoms with Crippen molar-refractivity contribution in [2.75, 3.05) is 5.32 Å². The van der Waals surface area contributed by atoms with E-state index in [9.17, 15) is 5.11 Å². The average Bonchev–Trinajstić information content (AvgIpc) is 2.66. The number of thiocarbonyl (C=S) groups is 1. The highest BCUT2D eigenvalue weighted by Gasteiger charge is 2.24. The number of halogens is 2. The Morgan fingerprint density at radius 3 is 2.19 bits per heavy atom. The van der Waals surface area contributed by atoms with Crippen LogP contribution in [0.2, 0.25) is 10.0 Å². The van der Waals surface area contributed by atoms with E-state index in [1.54, 1.807) is 22.8 Å². The van der Waals surface area contributed by atoms with Crippen LogP contribution in [-0.2, 0) is 0 Å².